The van der Waals surface area contributed by atoms with Crippen LogP contribution in [-0.4, -0.2) is 82.6 Å². The normalized spacial score (nSPS) is 25.9. The van der Waals surface area contributed by atoms with Gasteiger partial charge in [-0.2, -0.15) is 0 Å². The van der Waals surface area contributed by atoms with Gasteiger partial charge in [-0.3, -0.25) is 19.3 Å². The second-order valence-electron chi connectivity index (χ2n) is 11.3. The van der Waals surface area contributed by atoms with Crippen molar-refractivity contribution in [1.82, 2.24) is 4.90 Å². The van der Waals surface area contributed by atoms with Crippen molar-refractivity contribution in [3.8, 4) is 5.75 Å². The summed E-state index contributed by atoms with van der Waals surface area (Å²) in [6.45, 7) is 0. The van der Waals surface area contributed by atoms with Crippen molar-refractivity contribution >= 4 is 41.1 Å². The molecule has 2 aromatic carbocycles. The van der Waals surface area contributed by atoms with Crippen LogP contribution in [0.1, 0.15) is 28.7 Å². The number of nitrogens with zero attached hydrogens (tertiary/aromatic N) is 2. The van der Waals surface area contributed by atoms with E-state index in [1.165, 1.54) is 4.90 Å². The zero-order valence-electron chi connectivity index (χ0n) is 23.3. The van der Waals surface area contributed by atoms with Gasteiger partial charge in [-0.05, 0) is 50.0 Å². The molecule has 3 aliphatic carbocycles. The summed E-state index contributed by atoms with van der Waals surface area (Å²) in [4.78, 5) is 42.8. The van der Waals surface area contributed by atoms with E-state index in [0.29, 0.717) is 16.8 Å². The molecular formula is C31H33N3O7. The van der Waals surface area contributed by atoms with E-state index in [1.807, 2.05) is 55.4 Å². The Labute approximate surface area is 237 Å². The predicted molar refractivity (Wildman–Crippen MR) is 154 cm³/mol. The maximum Gasteiger partial charge on any atom is 0.255 e. The van der Waals surface area contributed by atoms with Crippen LogP contribution in [0.3, 0.4) is 0 Å². The van der Waals surface area contributed by atoms with Gasteiger partial charge in [-0.25, -0.2) is 0 Å². The Kier molecular flexibility index (Phi) is 6.79. The summed E-state index contributed by atoms with van der Waals surface area (Å²) in [7, 11) is 6.79. The number of likely N-dealkylation sites (N-methyl/N-ethyl adjacent to an activating group) is 1. The Balaban J connectivity index is 1.72. The fourth-order valence-electron chi connectivity index (χ4n) is 6.59. The first kappa shape index (κ1) is 28.1. The highest BCUT2D eigenvalue weighted by Gasteiger charge is 2.64. The summed E-state index contributed by atoms with van der Waals surface area (Å²) in [6, 6.07) is 10.1. The third-order valence-corrected chi connectivity index (χ3v) is 8.46. The molecule has 0 aromatic heterocycles. The topological polar surface area (TPSA) is 165 Å². The molecule has 1 saturated carbocycles. The van der Waals surface area contributed by atoms with Crippen molar-refractivity contribution < 1.29 is 34.8 Å². The van der Waals surface area contributed by atoms with Gasteiger partial charge in [0.2, 0.25) is 5.78 Å². The van der Waals surface area contributed by atoms with Crippen LogP contribution in [0.15, 0.2) is 53.3 Å². The number of benzene rings is 2. The average molecular weight is 560 g/mol. The van der Waals surface area contributed by atoms with E-state index in [4.69, 9.17) is 5.73 Å². The lowest BCUT2D eigenvalue weighted by Gasteiger charge is -2.50. The Morgan fingerprint density at radius 3 is 2.29 bits per heavy atom. The molecule has 0 aliphatic heterocycles. The third-order valence-electron chi connectivity index (χ3n) is 8.46. The van der Waals surface area contributed by atoms with E-state index in [-0.39, 0.29) is 29.7 Å². The molecule has 1 amide bonds. The van der Waals surface area contributed by atoms with Crippen molar-refractivity contribution in [2.24, 2.45) is 17.6 Å². The van der Waals surface area contributed by atoms with Crippen LogP contribution in [0.2, 0.25) is 0 Å². The number of Topliss-reactive ketones (excluding diaryl/α,β-unsaturated/α-hetero) is 2. The summed E-state index contributed by atoms with van der Waals surface area (Å²) in [5.41, 5.74) is 4.37. The van der Waals surface area contributed by atoms with Crippen LogP contribution in [0, 0.1) is 11.8 Å². The summed E-state index contributed by atoms with van der Waals surface area (Å²) in [5.74, 6) is -6.70. The Morgan fingerprint density at radius 1 is 1.05 bits per heavy atom. The number of amides is 1. The van der Waals surface area contributed by atoms with Crippen LogP contribution in [0.4, 0.5) is 5.69 Å². The Morgan fingerprint density at radius 2 is 1.71 bits per heavy atom. The predicted octanol–water partition coefficient (Wildman–Crippen LogP) is 2.20. The lowest BCUT2D eigenvalue weighted by Crippen LogP contribution is -2.65. The number of carbonyl (C=O) groups is 3. The summed E-state index contributed by atoms with van der Waals surface area (Å²) in [5, 5.41) is 45.8. The molecule has 0 bridgehead atoms. The number of anilines is 1. The molecule has 6 N–H and O–H groups in total. The maximum atomic E-state index is 14.1. The van der Waals surface area contributed by atoms with E-state index in [0.717, 1.165) is 5.56 Å². The lowest BCUT2D eigenvalue weighted by atomic mass is 9.57. The molecule has 4 atom stereocenters. The minimum absolute atomic E-state index is 0.0368. The number of aliphatic hydroxyl groups is 3. The number of phenolic OH excluding ortho intramolecular Hbond substituents is 1. The number of carbonyl (C=O) groups excluding carboxylic acids is 3. The van der Waals surface area contributed by atoms with Gasteiger partial charge in [0.05, 0.1) is 11.6 Å². The van der Waals surface area contributed by atoms with Gasteiger partial charge in [0, 0.05) is 36.8 Å². The number of nitrogens with two attached hydrogens (primary N) is 1. The van der Waals surface area contributed by atoms with E-state index in [1.54, 1.807) is 26.2 Å². The first-order valence-corrected chi connectivity index (χ1v) is 13.2. The van der Waals surface area contributed by atoms with Crippen molar-refractivity contribution in [1.29, 1.82) is 0 Å². The van der Waals surface area contributed by atoms with E-state index < -0.39 is 58.0 Å². The summed E-state index contributed by atoms with van der Waals surface area (Å²) in [6.07, 6.45) is 3.77. The number of fused-ring (bicyclic) bond motifs is 3. The molecule has 0 spiro atoms. The molecule has 5 rings (SSSR count). The minimum Gasteiger partial charge on any atom is -0.508 e. The summed E-state index contributed by atoms with van der Waals surface area (Å²) >= 11 is 0. The monoisotopic (exact) mass is 559 g/mol. The fraction of sp³-hybridized carbons (Fsp3) is 0.323. The van der Waals surface area contributed by atoms with Gasteiger partial charge in [-0.15, -0.1) is 0 Å². The Hall–Kier alpha value is -4.41. The largest absolute Gasteiger partial charge is 0.508 e. The van der Waals surface area contributed by atoms with Crippen molar-refractivity contribution in [3.63, 3.8) is 0 Å². The number of aliphatic hydroxyl groups excluding tert-OH is 2. The van der Waals surface area contributed by atoms with Crippen LogP contribution < -0.4 is 10.6 Å². The molecule has 214 valence electrons. The second kappa shape index (κ2) is 9.90. The molecule has 10 heteroatoms. The number of ketones is 2. The number of hydrogen-bond acceptors (Lipinski definition) is 9. The van der Waals surface area contributed by atoms with Crippen molar-refractivity contribution in [3.05, 3.63) is 75.6 Å². The van der Waals surface area contributed by atoms with Crippen LogP contribution in [0.25, 0.3) is 17.9 Å². The highest BCUT2D eigenvalue weighted by molar-refractivity contribution is 6.24. The van der Waals surface area contributed by atoms with Gasteiger partial charge >= 0.3 is 0 Å². The average Bonchev–Trinajstić information content (AvgIpc) is 2.90. The van der Waals surface area contributed by atoms with Gasteiger partial charge < -0.3 is 31.1 Å². The van der Waals surface area contributed by atoms with Crippen molar-refractivity contribution in [2.75, 3.05) is 33.1 Å². The molecule has 10 nitrogen and oxygen atoms in total. The van der Waals surface area contributed by atoms with Gasteiger partial charge in [0.25, 0.3) is 5.91 Å². The van der Waals surface area contributed by atoms with Crippen LogP contribution in [0.5, 0.6) is 5.75 Å². The minimum atomic E-state index is -2.67. The van der Waals surface area contributed by atoms with Gasteiger partial charge in [-0.1, -0.05) is 42.5 Å². The molecule has 0 heterocycles. The molecule has 1 fully saturated rings. The molecule has 41 heavy (non-hydrogen) atoms. The number of hydrogen-bond donors (Lipinski definition) is 5. The lowest BCUT2D eigenvalue weighted by molar-refractivity contribution is -0.153. The van der Waals surface area contributed by atoms with Gasteiger partial charge in [0.1, 0.15) is 22.8 Å². The van der Waals surface area contributed by atoms with Crippen LogP contribution >= 0.6 is 0 Å². The SMILES string of the molecule is CN(C)c1cc(/C=C/c2ccccc2)c(O)c2c1C[C@@H]1C[C@@H]3[C@@H](N(C)C)C(=O)C(C(N)=O)=C(O)[C@]3(O)C(=O)C1=C2O. The standard InChI is InChI=1S/C31H33N3O7/c1-33(2)20-14-16(11-10-15-8-6-5-7-9-15)25(35)22-18(20)12-17-13-19-24(34(3)4)27(37)23(30(32)40)29(39)31(19,41)28(38)21(17)26(22)36/h5-11,14,17,19,24,35-36,39,41H,12-13H2,1-4H3,(H2,32,40)/b11-10+/t17-,19-,24-,31-/m1/s1. The molecule has 0 radical (unpaired) electrons. The number of rotatable bonds is 5. The first-order valence-electron chi connectivity index (χ1n) is 13.2. The number of phenols is 1. The number of aromatic hydroxyl groups is 1. The molecule has 2 aromatic rings. The number of primary amides is 1. The van der Waals surface area contributed by atoms with E-state index in [2.05, 4.69) is 0 Å². The fourth-order valence-corrected chi connectivity index (χ4v) is 6.59. The maximum absolute atomic E-state index is 14.1. The zero-order valence-corrected chi connectivity index (χ0v) is 23.3. The van der Waals surface area contributed by atoms with Crippen LogP contribution in [-0.2, 0) is 20.8 Å². The molecule has 3 aliphatic rings. The van der Waals surface area contributed by atoms with E-state index in [9.17, 15) is 34.8 Å². The molecule has 0 saturated heterocycles. The van der Waals surface area contributed by atoms with Gasteiger partial charge in [0.15, 0.2) is 11.4 Å². The quantitative estimate of drug-likeness (QED) is 0.273. The van der Waals surface area contributed by atoms with Crippen molar-refractivity contribution in [2.45, 2.75) is 24.5 Å². The molecule has 0 unspecified atom stereocenters. The smallest absolute Gasteiger partial charge is 0.255 e. The van der Waals surface area contributed by atoms with E-state index >= 15 is 0 Å². The zero-order chi connectivity index (χ0) is 30.0. The summed E-state index contributed by atoms with van der Waals surface area (Å²) < 4.78 is 0. The highest BCUT2D eigenvalue weighted by atomic mass is 16.3. The highest BCUT2D eigenvalue weighted by Crippen LogP contribution is 2.54. The second-order valence-corrected chi connectivity index (χ2v) is 11.3. The first-order chi connectivity index (χ1) is 19.3. The Bertz CT molecular complexity index is 1570. The molecular weight excluding hydrogens is 526 g/mol. The third kappa shape index (κ3) is 4.13.